The third kappa shape index (κ3) is 54.0. The average Bonchev–Trinajstić information content (AvgIpc) is 3.33. The van der Waals surface area contributed by atoms with Crippen LogP contribution in [0, 0.1) is 0 Å². The van der Waals surface area contributed by atoms with Gasteiger partial charge in [-0.2, -0.15) is 0 Å². The number of nitrogens with one attached hydrogen (secondary N) is 1. The van der Waals surface area contributed by atoms with E-state index in [1.807, 2.05) is 0 Å². The van der Waals surface area contributed by atoms with Crippen molar-refractivity contribution in [2.75, 3.05) is 13.2 Å². The third-order valence-electron chi connectivity index (χ3n) is 14.7. The Hall–Kier alpha value is -1.14. The Bertz CT molecular complexity index is 959. The molecule has 0 saturated carbocycles. The second kappa shape index (κ2) is 57.4. The van der Waals surface area contributed by atoms with Gasteiger partial charge in [-0.1, -0.05) is 316 Å². The maximum atomic E-state index is 12.5. The Morgan fingerprint density at radius 2 is 0.612 bits per heavy atom. The van der Waals surface area contributed by atoms with Crippen molar-refractivity contribution >= 4 is 11.9 Å². The molecular weight excluding hydrogens is 827 g/mol. The van der Waals surface area contributed by atoms with Crippen LogP contribution >= 0.6 is 0 Å². The van der Waals surface area contributed by atoms with Gasteiger partial charge in [-0.25, -0.2) is 0 Å². The largest absolute Gasteiger partial charge is 0.466 e. The highest BCUT2D eigenvalue weighted by Gasteiger charge is 2.20. The number of amides is 1. The van der Waals surface area contributed by atoms with Crippen LogP contribution in [0.2, 0.25) is 0 Å². The minimum absolute atomic E-state index is 0.0101. The Kier molecular flexibility index (Phi) is 56.5. The lowest BCUT2D eigenvalue weighted by Crippen LogP contribution is -2.45. The number of ether oxygens (including phenoxy) is 1. The molecule has 0 rings (SSSR count). The summed E-state index contributed by atoms with van der Waals surface area (Å²) in [5, 5.41) is 23.3. The van der Waals surface area contributed by atoms with E-state index in [1.165, 1.54) is 283 Å². The summed E-state index contributed by atoms with van der Waals surface area (Å²) in [7, 11) is 0. The van der Waals surface area contributed by atoms with E-state index >= 15 is 0 Å². The normalized spacial score (nSPS) is 12.5. The van der Waals surface area contributed by atoms with Gasteiger partial charge in [0, 0.05) is 12.8 Å². The fraction of sp³-hybridized carbons (Fsp3) is 0.967. The maximum absolute atomic E-state index is 12.5. The number of hydrogen-bond donors (Lipinski definition) is 3. The molecule has 6 heteroatoms. The number of rotatable bonds is 58. The highest BCUT2D eigenvalue weighted by molar-refractivity contribution is 5.76. The molecule has 1 amide bonds. The van der Waals surface area contributed by atoms with Gasteiger partial charge in [0.25, 0.3) is 0 Å². The molecule has 3 N–H and O–H groups in total. The van der Waals surface area contributed by atoms with Gasteiger partial charge in [0.1, 0.15) is 0 Å². The number of unbranched alkanes of at least 4 members (excludes halogenated alkanes) is 47. The van der Waals surface area contributed by atoms with Crippen molar-refractivity contribution in [3.63, 3.8) is 0 Å². The van der Waals surface area contributed by atoms with Crippen molar-refractivity contribution in [3.8, 4) is 0 Å². The predicted molar refractivity (Wildman–Crippen MR) is 292 cm³/mol. The summed E-state index contributed by atoms with van der Waals surface area (Å²) >= 11 is 0. The van der Waals surface area contributed by atoms with Crippen molar-refractivity contribution < 1.29 is 24.5 Å². The molecule has 0 aliphatic heterocycles. The smallest absolute Gasteiger partial charge is 0.305 e. The lowest BCUT2D eigenvalue weighted by atomic mass is 10.0. The molecule has 2 atom stereocenters. The first-order valence-electron chi connectivity index (χ1n) is 30.8. The molecule has 0 saturated heterocycles. The van der Waals surface area contributed by atoms with E-state index in [-0.39, 0.29) is 18.5 Å². The highest BCUT2D eigenvalue weighted by atomic mass is 16.5. The van der Waals surface area contributed by atoms with Crippen LogP contribution in [0.4, 0.5) is 0 Å². The molecule has 0 aliphatic rings. The topological polar surface area (TPSA) is 95.9 Å². The number of aliphatic hydroxyl groups is 2. The minimum Gasteiger partial charge on any atom is -0.466 e. The molecule has 0 aromatic rings. The first-order valence-corrected chi connectivity index (χ1v) is 30.8. The molecule has 0 aromatic heterocycles. The Morgan fingerprint density at radius 1 is 0.358 bits per heavy atom. The zero-order valence-electron chi connectivity index (χ0n) is 45.7. The SMILES string of the molecule is CCCCCCCCCCCCCCCCCCCC(O)C(CO)NC(=O)CCCCCCCCCCCCCCCCCCCOC(=O)CCCCCCCCCCCCCCCCCC. The number of carbonyl (C=O) groups excluding carboxylic acids is 2. The van der Waals surface area contributed by atoms with Gasteiger partial charge < -0.3 is 20.3 Å². The molecule has 0 aliphatic carbocycles. The molecule has 0 heterocycles. The molecule has 400 valence electrons. The van der Waals surface area contributed by atoms with Crippen LogP contribution in [-0.4, -0.2) is 47.4 Å². The highest BCUT2D eigenvalue weighted by Crippen LogP contribution is 2.18. The molecule has 0 fully saturated rings. The number of aliphatic hydroxyl groups excluding tert-OH is 2. The average molecular weight is 949 g/mol. The van der Waals surface area contributed by atoms with Crippen LogP contribution in [0.3, 0.4) is 0 Å². The van der Waals surface area contributed by atoms with Crippen molar-refractivity contribution in [2.24, 2.45) is 0 Å². The molecule has 0 spiro atoms. The van der Waals surface area contributed by atoms with Crippen LogP contribution in [0.15, 0.2) is 0 Å². The molecular formula is C61H121NO5. The lowest BCUT2D eigenvalue weighted by Gasteiger charge is -2.22. The molecule has 67 heavy (non-hydrogen) atoms. The molecule has 0 aromatic carbocycles. The Labute approximate surface area is 419 Å². The van der Waals surface area contributed by atoms with Gasteiger partial charge in [0.05, 0.1) is 25.4 Å². The van der Waals surface area contributed by atoms with E-state index in [9.17, 15) is 19.8 Å². The Balaban J connectivity index is 3.39. The summed E-state index contributed by atoms with van der Waals surface area (Å²) in [5.41, 5.74) is 0. The van der Waals surface area contributed by atoms with Gasteiger partial charge in [0.15, 0.2) is 0 Å². The minimum atomic E-state index is -0.667. The summed E-state index contributed by atoms with van der Waals surface area (Å²) in [4.78, 5) is 24.6. The number of esters is 1. The van der Waals surface area contributed by atoms with Crippen molar-refractivity contribution in [2.45, 2.75) is 366 Å². The summed E-state index contributed by atoms with van der Waals surface area (Å²) in [5.74, 6) is -0.0264. The molecule has 0 radical (unpaired) electrons. The monoisotopic (exact) mass is 948 g/mol. The standard InChI is InChI=1S/C61H121NO5/c1-3-5-7-9-11-13-15-17-19-22-25-29-33-37-41-45-49-53-59(64)58(57-63)62-60(65)54-50-46-42-38-34-30-26-23-21-24-28-32-36-40-44-48-52-56-67-61(66)55-51-47-43-39-35-31-27-20-18-16-14-12-10-8-6-4-2/h58-59,63-64H,3-57H2,1-2H3,(H,62,65). The first kappa shape index (κ1) is 65.9. The van der Waals surface area contributed by atoms with Crippen LogP contribution in [0.25, 0.3) is 0 Å². The fourth-order valence-electron chi connectivity index (χ4n) is 9.94. The predicted octanol–water partition coefficient (Wildman–Crippen LogP) is 19.1. The summed E-state index contributed by atoms with van der Waals surface area (Å²) < 4.78 is 5.49. The van der Waals surface area contributed by atoms with Gasteiger partial charge in [-0.05, 0) is 25.7 Å². The summed E-state index contributed by atoms with van der Waals surface area (Å²) in [6, 6.07) is -0.544. The van der Waals surface area contributed by atoms with Gasteiger partial charge in [0.2, 0.25) is 5.91 Å². The van der Waals surface area contributed by atoms with Crippen molar-refractivity contribution in [1.29, 1.82) is 0 Å². The van der Waals surface area contributed by atoms with E-state index in [1.54, 1.807) is 0 Å². The Morgan fingerprint density at radius 3 is 0.910 bits per heavy atom. The van der Waals surface area contributed by atoms with Crippen LogP contribution in [0.5, 0.6) is 0 Å². The maximum Gasteiger partial charge on any atom is 0.305 e. The van der Waals surface area contributed by atoms with Crippen LogP contribution in [-0.2, 0) is 14.3 Å². The summed E-state index contributed by atoms with van der Waals surface area (Å²) in [6.45, 7) is 4.98. The first-order chi connectivity index (χ1) is 33.0. The zero-order valence-corrected chi connectivity index (χ0v) is 45.7. The zero-order chi connectivity index (χ0) is 48.6. The number of hydrogen-bond acceptors (Lipinski definition) is 5. The summed E-state index contributed by atoms with van der Waals surface area (Å²) in [6.07, 6.45) is 66.7. The fourth-order valence-corrected chi connectivity index (χ4v) is 9.94. The lowest BCUT2D eigenvalue weighted by molar-refractivity contribution is -0.143. The number of carbonyl (C=O) groups is 2. The molecule has 0 bridgehead atoms. The molecule has 6 nitrogen and oxygen atoms in total. The van der Waals surface area contributed by atoms with Crippen LogP contribution < -0.4 is 5.32 Å². The second-order valence-corrected chi connectivity index (χ2v) is 21.4. The van der Waals surface area contributed by atoms with Gasteiger partial charge in [-0.15, -0.1) is 0 Å². The van der Waals surface area contributed by atoms with Crippen molar-refractivity contribution in [3.05, 3.63) is 0 Å². The molecule has 2 unspecified atom stereocenters. The van der Waals surface area contributed by atoms with Crippen LogP contribution in [0.1, 0.15) is 354 Å². The van der Waals surface area contributed by atoms with Gasteiger partial charge in [-0.3, -0.25) is 9.59 Å². The van der Waals surface area contributed by atoms with E-state index in [4.69, 9.17) is 4.74 Å². The second-order valence-electron chi connectivity index (χ2n) is 21.4. The van der Waals surface area contributed by atoms with Gasteiger partial charge >= 0.3 is 5.97 Å². The van der Waals surface area contributed by atoms with E-state index in [0.29, 0.717) is 25.9 Å². The quantitative estimate of drug-likeness (QED) is 0.0417. The van der Waals surface area contributed by atoms with E-state index in [0.717, 1.165) is 38.5 Å². The van der Waals surface area contributed by atoms with E-state index < -0.39 is 12.1 Å². The van der Waals surface area contributed by atoms with E-state index in [2.05, 4.69) is 19.2 Å². The van der Waals surface area contributed by atoms with Crippen molar-refractivity contribution in [1.82, 2.24) is 5.32 Å². The third-order valence-corrected chi connectivity index (χ3v) is 14.7.